The molecule has 0 aliphatic rings. The maximum atomic E-state index is 13.2. The van der Waals surface area contributed by atoms with Crippen LogP contribution in [0.1, 0.15) is 19.4 Å². The Hall–Kier alpha value is -1.67. The number of nitrogens with two attached hydrogens (primary N) is 1. The monoisotopic (exact) mass is 274 g/mol. The third-order valence-electron chi connectivity index (χ3n) is 1.90. The number of hydrogen-bond acceptors (Lipinski definition) is 3. The molecule has 0 unspecified atom stereocenters. The highest BCUT2D eigenvalue weighted by molar-refractivity contribution is 7.90. The molecule has 0 radical (unpaired) electrons. The van der Waals surface area contributed by atoms with Crippen molar-refractivity contribution >= 4 is 21.7 Å². The van der Waals surface area contributed by atoms with Gasteiger partial charge in [-0.05, 0) is 32.0 Å². The number of halogens is 1. The van der Waals surface area contributed by atoms with E-state index in [9.17, 15) is 12.8 Å². The van der Waals surface area contributed by atoms with Gasteiger partial charge in [0.1, 0.15) is 11.7 Å². The molecule has 0 heterocycles. The first-order valence-electron chi connectivity index (χ1n) is 5.15. The van der Waals surface area contributed by atoms with Crippen molar-refractivity contribution in [3.8, 4) is 0 Å². The molecular formula is C10H15FN4O2S. The van der Waals surface area contributed by atoms with E-state index in [2.05, 4.69) is 9.44 Å². The Kier molecular flexibility index (Phi) is 4.25. The van der Waals surface area contributed by atoms with Crippen LogP contribution in [0.15, 0.2) is 18.2 Å². The summed E-state index contributed by atoms with van der Waals surface area (Å²) in [5.74, 6) is -1.15. The van der Waals surface area contributed by atoms with Crippen LogP contribution in [0.25, 0.3) is 0 Å². The fourth-order valence-corrected chi connectivity index (χ4v) is 2.41. The van der Waals surface area contributed by atoms with Gasteiger partial charge < -0.3 is 5.73 Å². The van der Waals surface area contributed by atoms with Crippen LogP contribution in [0.3, 0.4) is 0 Å². The van der Waals surface area contributed by atoms with Crippen LogP contribution in [-0.2, 0) is 10.2 Å². The summed E-state index contributed by atoms with van der Waals surface area (Å²) in [5.41, 5.74) is 5.16. The molecule has 0 saturated heterocycles. The molecule has 0 bridgehead atoms. The molecular weight excluding hydrogens is 259 g/mol. The minimum Gasteiger partial charge on any atom is -0.384 e. The molecule has 0 amide bonds. The predicted octanol–water partition coefficient (Wildman–Crippen LogP) is 0.764. The molecule has 6 nitrogen and oxygen atoms in total. The van der Waals surface area contributed by atoms with E-state index < -0.39 is 21.9 Å². The first kappa shape index (κ1) is 14.4. The van der Waals surface area contributed by atoms with Gasteiger partial charge in [0, 0.05) is 6.04 Å². The predicted molar refractivity (Wildman–Crippen MR) is 68.2 cm³/mol. The third-order valence-corrected chi connectivity index (χ3v) is 3.19. The minimum absolute atomic E-state index is 0.134. The minimum atomic E-state index is -3.72. The Morgan fingerprint density at radius 3 is 2.56 bits per heavy atom. The number of amidine groups is 1. The fourth-order valence-electron chi connectivity index (χ4n) is 1.29. The quantitative estimate of drug-likeness (QED) is 0.470. The van der Waals surface area contributed by atoms with Gasteiger partial charge >= 0.3 is 0 Å². The number of nitrogens with one attached hydrogen (secondary N) is 3. The highest BCUT2D eigenvalue weighted by Crippen LogP contribution is 2.15. The Morgan fingerprint density at radius 1 is 1.44 bits per heavy atom. The molecule has 18 heavy (non-hydrogen) atoms. The summed E-state index contributed by atoms with van der Waals surface area (Å²) in [6.07, 6.45) is 0. The van der Waals surface area contributed by atoms with Crippen molar-refractivity contribution in [2.45, 2.75) is 19.9 Å². The Labute approximate surface area is 105 Å². The highest BCUT2D eigenvalue weighted by Gasteiger charge is 2.13. The van der Waals surface area contributed by atoms with Crippen molar-refractivity contribution < 1.29 is 12.8 Å². The first-order valence-corrected chi connectivity index (χ1v) is 6.63. The van der Waals surface area contributed by atoms with Crippen LogP contribution >= 0.6 is 0 Å². The van der Waals surface area contributed by atoms with E-state index in [-0.39, 0.29) is 17.3 Å². The van der Waals surface area contributed by atoms with Crippen molar-refractivity contribution in [2.24, 2.45) is 5.73 Å². The van der Waals surface area contributed by atoms with Gasteiger partial charge in [0.15, 0.2) is 0 Å². The van der Waals surface area contributed by atoms with E-state index in [1.807, 2.05) is 0 Å². The van der Waals surface area contributed by atoms with Gasteiger partial charge in [-0.3, -0.25) is 10.1 Å². The molecule has 0 fully saturated rings. The largest absolute Gasteiger partial charge is 0.384 e. The molecule has 1 aromatic carbocycles. The number of benzene rings is 1. The molecule has 1 aromatic rings. The van der Waals surface area contributed by atoms with Crippen molar-refractivity contribution in [1.82, 2.24) is 4.72 Å². The maximum Gasteiger partial charge on any atom is 0.299 e. The molecule has 1 rings (SSSR count). The molecule has 0 saturated carbocycles. The Balaban J connectivity index is 2.99. The zero-order valence-electron chi connectivity index (χ0n) is 9.99. The molecule has 0 aliphatic heterocycles. The molecule has 0 aliphatic carbocycles. The second-order valence-corrected chi connectivity index (χ2v) is 5.43. The van der Waals surface area contributed by atoms with Crippen molar-refractivity contribution in [3.63, 3.8) is 0 Å². The van der Waals surface area contributed by atoms with Crippen LogP contribution in [0, 0.1) is 11.2 Å². The van der Waals surface area contributed by atoms with Crippen molar-refractivity contribution in [3.05, 3.63) is 29.6 Å². The molecule has 0 spiro atoms. The zero-order valence-corrected chi connectivity index (χ0v) is 10.8. The normalized spacial score (nSPS) is 11.6. The van der Waals surface area contributed by atoms with E-state index in [0.29, 0.717) is 0 Å². The van der Waals surface area contributed by atoms with Gasteiger partial charge in [-0.15, -0.1) is 0 Å². The smallest absolute Gasteiger partial charge is 0.299 e. The summed E-state index contributed by atoms with van der Waals surface area (Å²) in [5, 5.41) is 7.16. The van der Waals surface area contributed by atoms with Crippen molar-refractivity contribution in [2.75, 3.05) is 4.72 Å². The molecule has 100 valence electrons. The summed E-state index contributed by atoms with van der Waals surface area (Å²) in [6, 6.07) is 3.19. The fraction of sp³-hybridized carbons (Fsp3) is 0.300. The summed E-state index contributed by atoms with van der Waals surface area (Å²) < 4.78 is 40.9. The van der Waals surface area contributed by atoms with Gasteiger partial charge in [0.2, 0.25) is 0 Å². The standard InChI is InChI=1S/C10H15FN4O2S/c1-6(2)14-18(16,17)15-7-3-4-9(11)8(5-7)10(12)13/h3-6,14-15H,1-2H3,(H3,12,13). The Bertz CT molecular complexity index is 557. The molecule has 0 atom stereocenters. The van der Waals surface area contributed by atoms with Gasteiger partial charge in [-0.2, -0.15) is 13.1 Å². The zero-order chi connectivity index (χ0) is 13.9. The lowest BCUT2D eigenvalue weighted by atomic mass is 10.2. The number of anilines is 1. The Morgan fingerprint density at radius 2 is 2.06 bits per heavy atom. The van der Waals surface area contributed by atoms with Crippen LogP contribution in [0.5, 0.6) is 0 Å². The van der Waals surface area contributed by atoms with Crippen LogP contribution in [-0.4, -0.2) is 20.3 Å². The van der Waals surface area contributed by atoms with Crippen LogP contribution < -0.4 is 15.2 Å². The molecule has 8 heteroatoms. The van der Waals surface area contributed by atoms with E-state index in [0.717, 1.165) is 12.1 Å². The van der Waals surface area contributed by atoms with Gasteiger partial charge in [-0.25, -0.2) is 4.39 Å². The van der Waals surface area contributed by atoms with Crippen molar-refractivity contribution in [1.29, 1.82) is 5.41 Å². The summed E-state index contributed by atoms with van der Waals surface area (Å²) in [6.45, 7) is 3.34. The summed E-state index contributed by atoms with van der Waals surface area (Å²) >= 11 is 0. The van der Waals surface area contributed by atoms with Gasteiger partial charge in [-0.1, -0.05) is 0 Å². The summed E-state index contributed by atoms with van der Waals surface area (Å²) in [7, 11) is -3.72. The van der Waals surface area contributed by atoms with E-state index >= 15 is 0 Å². The number of rotatable bonds is 5. The average Bonchev–Trinajstić information content (AvgIpc) is 2.18. The second-order valence-electron chi connectivity index (χ2n) is 3.99. The first-order chi connectivity index (χ1) is 8.21. The van der Waals surface area contributed by atoms with Crippen LogP contribution in [0.4, 0.5) is 10.1 Å². The maximum absolute atomic E-state index is 13.2. The van der Waals surface area contributed by atoms with E-state index in [4.69, 9.17) is 11.1 Å². The van der Waals surface area contributed by atoms with Gasteiger partial charge in [0.05, 0.1) is 11.3 Å². The molecule has 5 N–H and O–H groups in total. The number of hydrogen-bond donors (Lipinski definition) is 4. The average molecular weight is 274 g/mol. The molecule has 0 aromatic heterocycles. The van der Waals surface area contributed by atoms with E-state index in [1.165, 1.54) is 6.07 Å². The van der Waals surface area contributed by atoms with E-state index in [1.54, 1.807) is 13.8 Å². The lowest BCUT2D eigenvalue weighted by Gasteiger charge is -2.12. The number of nitrogen functional groups attached to an aromatic ring is 1. The lowest BCUT2D eigenvalue weighted by Crippen LogP contribution is -2.35. The summed E-state index contributed by atoms with van der Waals surface area (Å²) in [4.78, 5) is 0. The third kappa shape index (κ3) is 3.97. The van der Waals surface area contributed by atoms with Crippen LogP contribution in [0.2, 0.25) is 0 Å². The lowest BCUT2D eigenvalue weighted by molar-refractivity contribution is 0.575. The second kappa shape index (κ2) is 5.32. The topological polar surface area (TPSA) is 108 Å². The SMILES string of the molecule is CC(C)NS(=O)(=O)Nc1ccc(F)c(C(=N)N)c1. The van der Waals surface area contributed by atoms with Gasteiger partial charge in [0.25, 0.3) is 10.2 Å². The highest BCUT2D eigenvalue weighted by atomic mass is 32.2.